The first-order chi connectivity index (χ1) is 17.0. The lowest BCUT2D eigenvalue weighted by Crippen LogP contribution is -2.55. The average Bonchev–Trinajstić information content (AvgIpc) is 2.83. The molecule has 0 fully saturated rings. The Morgan fingerprint density at radius 2 is 1.69 bits per heavy atom. The van der Waals surface area contributed by atoms with Crippen LogP contribution in [0.1, 0.15) is 65.1 Å². The predicted molar refractivity (Wildman–Crippen MR) is 139 cm³/mol. The molecule has 3 atom stereocenters. The minimum absolute atomic E-state index is 0.0118. The SMILES string of the molecule is CCC(C)C(NC(=O)OC(C)(C)C)C(=O)N(CC)C(C(=O)NCc1ccccc1)c1cccc(O)c1. The fraction of sp³-hybridized carbons (Fsp3) is 0.464. The molecular weight excluding hydrogens is 458 g/mol. The fourth-order valence-corrected chi connectivity index (χ4v) is 3.81. The second kappa shape index (κ2) is 13.0. The van der Waals surface area contributed by atoms with E-state index in [0.29, 0.717) is 12.0 Å². The number of phenols is 1. The number of hydrogen-bond donors (Lipinski definition) is 3. The number of nitrogens with zero attached hydrogens (tertiary/aromatic N) is 1. The molecule has 0 heterocycles. The zero-order valence-corrected chi connectivity index (χ0v) is 22.1. The van der Waals surface area contributed by atoms with Crippen molar-refractivity contribution in [2.45, 2.75) is 72.2 Å². The van der Waals surface area contributed by atoms with Crippen LogP contribution in [0.5, 0.6) is 5.75 Å². The smallest absolute Gasteiger partial charge is 0.408 e. The Labute approximate surface area is 214 Å². The van der Waals surface area contributed by atoms with Crippen molar-refractivity contribution in [1.29, 1.82) is 0 Å². The Morgan fingerprint density at radius 1 is 1.03 bits per heavy atom. The Bertz CT molecular complexity index is 1020. The van der Waals surface area contributed by atoms with Crippen LogP contribution in [0, 0.1) is 5.92 Å². The predicted octanol–water partition coefficient (Wildman–Crippen LogP) is 4.54. The molecule has 3 unspecified atom stereocenters. The highest BCUT2D eigenvalue weighted by Gasteiger charge is 2.37. The summed E-state index contributed by atoms with van der Waals surface area (Å²) < 4.78 is 5.39. The van der Waals surface area contributed by atoms with Crippen molar-refractivity contribution in [3.8, 4) is 5.75 Å². The number of carbonyl (C=O) groups is 3. The molecule has 0 saturated carbocycles. The molecule has 0 spiro atoms. The fourth-order valence-electron chi connectivity index (χ4n) is 3.81. The number of rotatable bonds is 10. The zero-order valence-electron chi connectivity index (χ0n) is 22.1. The van der Waals surface area contributed by atoms with Crippen LogP contribution in [0.2, 0.25) is 0 Å². The molecule has 196 valence electrons. The third-order valence-electron chi connectivity index (χ3n) is 5.83. The number of carbonyl (C=O) groups excluding carboxylic acids is 3. The largest absolute Gasteiger partial charge is 0.508 e. The van der Waals surface area contributed by atoms with Gasteiger partial charge in [0.2, 0.25) is 11.8 Å². The van der Waals surface area contributed by atoms with Crippen molar-refractivity contribution in [2.75, 3.05) is 6.54 Å². The summed E-state index contributed by atoms with van der Waals surface area (Å²) in [7, 11) is 0. The Kier molecular flexibility index (Phi) is 10.3. The summed E-state index contributed by atoms with van der Waals surface area (Å²) in [6, 6.07) is 13.9. The third kappa shape index (κ3) is 8.29. The van der Waals surface area contributed by atoms with Crippen LogP contribution < -0.4 is 10.6 Å². The van der Waals surface area contributed by atoms with E-state index in [0.717, 1.165) is 5.56 Å². The lowest BCUT2D eigenvalue weighted by Gasteiger charge is -2.35. The second-order valence-corrected chi connectivity index (χ2v) is 9.83. The number of ether oxygens (including phenoxy) is 1. The van der Waals surface area contributed by atoms with E-state index in [-0.39, 0.29) is 30.7 Å². The molecular formula is C28H39N3O5. The number of hydrogen-bond acceptors (Lipinski definition) is 5. The summed E-state index contributed by atoms with van der Waals surface area (Å²) in [5.74, 6) is -1.01. The van der Waals surface area contributed by atoms with Gasteiger partial charge in [-0.3, -0.25) is 9.59 Å². The molecule has 2 aromatic carbocycles. The van der Waals surface area contributed by atoms with Gasteiger partial charge in [-0.1, -0.05) is 62.7 Å². The van der Waals surface area contributed by atoms with E-state index in [2.05, 4.69) is 10.6 Å². The number of amides is 3. The van der Waals surface area contributed by atoms with Crippen LogP contribution in [0.3, 0.4) is 0 Å². The maximum absolute atomic E-state index is 13.9. The van der Waals surface area contributed by atoms with Crippen LogP contribution >= 0.6 is 0 Å². The van der Waals surface area contributed by atoms with Gasteiger partial charge in [-0.2, -0.15) is 0 Å². The van der Waals surface area contributed by atoms with Gasteiger partial charge in [0.05, 0.1) is 0 Å². The molecule has 36 heavy (non-hydrogen) atoms. The number of aromatic hydroxyl groups is 1. The maximum Gasteiger partial charge on any atom is 0.408 e. The lowest BCUT2D eigenvalue weighted by molar-refractivity contribution is -0.143. The first-order valence-electron chi connectivity index (χ1n) is 12.4. The van der Waals surface area contributed by atoms with Crippen molar-refractivity contribution in [2.24, 2.45) is 5.92 Å². The quantitative estimate of drug-likeness (QED) is 0.447. The molecule has 0 saturated heterocycles. The van der Waals surface area contributed by atoms with Gasteiger partial charge in [0.25, 0.3) is 0 Å². The molecule has 0 aliphatic carbocycles. The van der Waals surface area contributed by atoms with Crippen LogP contribution in [-0.4, -0.2) is 46.1 Å². The number of likely N-dealkylation sites (N-methyl/N-ethyl adjacent to an activating group) is 1. The number of phenolic OH excluding ortho intramolecular Hbond substituents is 1. The molecule has 0 aliphatic rings. The van der Waals surface area contributed by atoms with Crippen molar-refractivity contribution < 1.29 is 24.2 Å². The van der Waals surface area contributed by atoms with E-state index in [1.54, 1.807) is 39.8 Å². The van der Waals surface area contributed by atoms with E-state index in [1.807, 2.05) is 44.2 Å². The molecule has 2 rings (SSSR count). The average molecular weight is 498 g/mol. The topological polar surface area (TPSA) is 108 Å². The van der Waals surface area contributed by atoms with Crippen molar-refractivity contribution >= 4 is 17.9 Å². The summed E-state index contributed by atoms with van der Waals surface area (Å²) in [6.07, 6.45) is -0.0690. The molecule has 3 N–H and O–H groups in total. The maximum atomic E-state index is 13.9. The normalized spacial score (nSPS) is 13.7. The molecule has 0 aliphatic heterocycles. The zero-order chi connectivity index (χ0) is 26.9. The highest BCUT2D eigenvalue weighted by Crippen LogP contribution is 2.27. The summed E-state index contributed by atoms with van der Waals surface area (Å²) >= 11 is 0. The van der Waals surface area contributed by atoms with E-state index in [4.69, 9.17) is 4.74 Å². The van der Waals surface area contributed by atoms with Crippen LogP contribution in [0.15, 0.2) is 54.6 Å². The van der Waals surface area contributed by atoms with Crippen molar-refractivity contribution in [1.82, 2.24) is 15.5 Å². The van der Waals surface area contributed by atoms with Gasteiger partial charge < -0.3 is 25.4 Å². The van der Waals surface area contributed by atoms with Gasteiger partial charge in [-0.25, -0.2) is 4.79 Å². The molecule has 2 aromatic rings. The summed E-state index contributed by atoms with van der Waals surface area (Å²) in [5, 5.41) is 15.7. The van der Waals surface area contributed by atoms with E-state index >= 15 is 0 Å². The Balaban J connectivity index is 2.39. The van der Waals surface area contributed by atoms with Crippen molar-refractivity contribution in [3.05, 3.63) is 65.7 Å². The molecule has 3 amide bonds. The first kappa shape index (κ1) is 28.7. The Morgan fingerprint density at radius 3 is 2.25 bits per heavy atom. The molecule has 0 aromatic heterocycles. The number of nitrogens with one attached hydrogen (secondary N) is 2. The highest BCUT2D eigenvalue weighted by molar-refractivity contribution is 5.92. The van der Waals surface area contributed by atoms with Gasteiger partial charge >= 0.3 is 6.09 Å². The molecule has 8 nitrogen and oxygen atoms in total. The molecule has 0 radical (unpaired) electrons. The van der Waals surface area contributed by atoms with Crippen LogP contribution in [-0.2, 0) is 20.9 Å². The van der Waals surface area contributed by atoms with Gasteiger partial charge in [0, 0.05) is 13.1 Å². The number of benzene rings is 2. The van der Waals surface area contributed by atoms with Crippen LogP contribution in [0.4, 0.5) is 4.79 Å². The van der Waals surface area contributed by atoms with Gasteiger partial charge in [-0.05, 0) is 56.9 Å². The standard InChI is InChI=1S/C28H39N3O5/c1-7-19(3)23(30-27(35)36-28(4,5)6)26(34)31(8-2)24(21-15-12-16-22(32)17-21)25(33)29-18-20-13-10-9-11-14-20/h9-17,19,23-24,32H,7-8,18H2,1-6H3,(H,29,33)(H,30,35). The van der Waals surface area contributed by atoms with Crippen molar-refractivity contribution in [3.63, 3.8) is 0 Å². The Hall–Kier alpha value is -3.55. The van der Waals surface area contributed by atoms with E-state index in [1.165, 1.54) is 17.0 Å². The van der Waals surface area contributed by atoms with E-state index < -0.39 is 29.7 Å². The van der Waals surface area contributed by atoms with Crippen LogP contribution in [0.25, 0.3) is 0 Å². The minimum Gasteiger partial charge on any atom is -0.508 e. The monoisotopic (exact) mass is 497 g/mol. The van der Waals surface area contributed by atoms with Gasteiger partial charge in [0.15, 0.2) is 0 Å². The second-order valence-electron chi connectivity index (χ2n) is 9.83. The molecule has 0 bridgehead atoms. The van der Waals surface area contributed by atoms with E-state index in [9.17, 15) is 19.5 Å². The first-order valence-corrected chi connectivity index (χ1v) is 12.4. The summed E-state index contributed by atoms with van der Waals surface area (Å²) in [5.41, 5.74) is 0.661. The lowest BCUT2D eigenvalue weighted by atomic mass is 9.95. The molecule has 8 heteroatoms. The highest BCUT2D eigenvalue weighted by atomic mass is 16.6. The summed E-state index contributed by atoms with van der Waals surface area (Å²) in [6.45, 7) is 11.3. The minimum atomic E-state index is -1.01. The number of alkyl carbamates (subject to hydrolysis) is 1. The van der Waals surface area contributed by atoms with Gasteiger partial charge in [-0.15, -0.1) is 0 Å². The summed E-state index contributed by atoms with van der Waals surface area (Å²) in [4.78, 5) is 41.4. The third-order valence-corrected chi connectivity index (χ3v) is 5.83. The van der Waals surface area contributed by atoms with Gasteiger partial charge in [0.1, 0.15) is 23.4 Å².